The van der Waals surface area contributed by atoms with Crippen LogP contribution in [0.2, 0.25) is 5.15 Å². The molecular weight excluding hydrogens is 572 g/mol. The second-order valence-corrected chi connectivity index (χ2v) is 10.9. The van der Waals surface area contributed by atoms with Crippen LogP contribution in [0.3, 0.4) is 0 Å². The Balaban J connectivity index is 1.41. The average molecular weight is 607 g/mol. The van der Waals surface area contributed by atoms with Crippen LogP contribution < -0.4 is 0 Å². The lowest BCUT2D eigenvalue weighted by Crippen LogP contribution is -2.27. The van der Waals surface area contributed by atoms with E-state index < -0.39 is 18.4 Å². The number of carbonyl (C=O) groups excluding carboxylic acids is 2. The summed E-state index contributed by atoms with van der Waals surface area (Å²) in [5, 5.41) is 14.6. The molecule has 1 aliphatic carbocycles. The first kappa shape index (κ1) is 30.2. The summed E-state index contributed by atoms with van der Waals surface area (Å²) >= 11 is 6.57. The number of tetrazole rings is 1. The Hall–Kier alpha value is -4.25. The van der Waals surface area contributed by atoms with Gasteiger partial charge >= 0.3 is 12.1 Å². The molecule has 1 N–H and O–H groups in total. The van der Waals surface area contributed by atoms with E-state index in [0.29, 0.717) is 24.6 Å². The summed E-state index contributed by atoms with van der Waals surface area (Å²) < 4.78 is 18.0. The van der Waals surface area contributed by atoms with Crippen LogP contribution >= 0.6 is 11.6 Å². The highest BCUT2D eigenvalue weighted by atomic mass is 35.5. The number of rotatable bonds is 11. The molecule has 226 valence electrons. The largest absolute Gasteiger partial charge is 0.511 e. The monoisotopic (exact) mass is 606 g/mol. The van der Waals surface area contributed by atoms with Crippen molar-refractivity contribution in [2.45, 2.75) is 84.2 Å². The van der Waals surface area contributed by atoms with Crippen LogP contribution in [-0.4, -0.2) is 54.7 Å². The first-order valence-electron chi connectivity index (χ1n) is 14.7. The Kier molecular flexibility index (Phi) is 10.0. The summed E-state index contributed by atoms with van der Waals surface area (Å²) in [7, 11) is 0. The maximum Gasteiger partial charge on any atom is 0.511 e. The number of benzene rings is 2. The molecule has 2 aromatic carbocycles. The zero-order valence-corrected chi connectivity index (χ0v) is 25.0. The van der Waals surface area contributed by atoms with Crippen LogP contribution in [-0.2, 0) is 27.2 Å². The molecule has 4 aromatic rings. The third kappa shape index (κ3) is 7.40. The van der Waals surface area contributed by atoms with Gasteiger partial charge in [0, 0.05) is 18.9 Å². The number of ether oxygens (including phenoxy) is 3. The number of aromatic amines is 1. The number of aromatic nitrogens is 6. The Labute approximate surface area is 254 Å². The van der Waals surface area contributed by atoms with E-state index >= 15 is 0 Å². The van der Waals surface area contributed by atoms with Crippen LogP contribution in [0.5, 0.6) is 0 Å². The quantitative estimate of drug-likeness (QED) is 0.145. The van der Waals surface area contributed by atoms with E-state index in [4.69, 9.17) is 25.8 Å². The molecule has 0 radical (unpaired) electrons. The van der Waals surface area contributed by atoms with Crippen LogP contribution in [0.25, 0.3) is 22.5 Å². The number of halogens is 1. The van der Waals surface area contributed by atoms with Crippen LogP contribution in [0, 0.1) is 0 Å². The molecule has 1 aliphatic rings. The first-order valence-corrected chi connectivity index (χ1v) is 15.1. The molecule has 11 nitrogen and oxygen atoms in total. The lowest BCUT2D eigenvalue weighted by Gasteiger charge is -2.22. The molecular formula is C31H35ClN6O5. The number of hydrogen-bond acceptors (Lipinski definition) is 9. The highest BCUT2D eigenvalue weighted by molar-refractivity contribution is 6.32. The molecule has 0 amide bonds. The lowest BCUT2D eigenvalue weighted by atomic mass is 9.95. The number of nitrogens with zero attached hydrogens (tertiary/aromatic N) is 5. The molecule has 1 saturated carbocycles. The highest BCUT2D eigenvalue weighted by Crippen LogP contribution is 2.33. The van der Waals surface area contributed by atoms with Crippen molar-refractivity contribution in [1.82, 2.24) is 30.2 Å². The third-order valence-corrected chi connectivity index (χ3v) is 7.71. The van der Waals surface area contributed by atoms with Crippen LogP contribution in [0.1, 0.15) is 80.7 Å². The van der Waals surface area contributed by atoms with Gasteiger partial charge in [0.2, 0.25) is 12.1 Å². The standard InChI is InChI=1S/C31H35ClN6O5/c1-3-4-18-26-33-28(32)27(30(39)41-20(2)42-31(40)43-22-13-6-5-7-14-22)38(26)19-21-12-8-9-15-23(21)24-16-10-11-17-25(24)29-34-36-37-35-29/h8-12,15-17,20,22H,3-7,13-14,18-19H2,1-2H3,(H,34,35,36,37). The van der Waals surface area contributed by atoms with E-state index in [1.54, 1.807) is 4.57 Å². The second-order valence-electron chi connectivity index (χ2n) is 10.5. The number of H-pyrrole nitrogens is 1. The zero-order chi connectivity index (χ0) is 30.2. The predicted molar refractivity (Wildman–Crippen MR) is 159 cm³/mol. The van der Waals surface area contributed by atoms with Crippen molar-refractivity contribution in [1.29, 1.82) is 0 Å². The molecule has 5 rings (SSSR count). The van der Waals surface area contributed by atoms with Gasteiger partial charge in [0.1, 0.15) is 11.9 Å². The van der Waals surface area contributed by atoms with E-state index in [9.17, 15) is 9.59 Å². The van der Waals surface area contributed by atoms with Crippen molar-refractivity contribution < 1.29 is 23.8 Å². The topological polar surface area (TPSA) is 134 Å². The second kappa shape index (κ2) is 14.3. The fourth-order valence-corrected chi connectivity index (χ4v) is 5.63. The van der Waals surface area contributed by atoms with Gasteiger partial charge in [-0.1, -0.05) is 79.9 Å². The van der Waals surface area contributed by atoms with Crippen molar-refractivity contribution in [3.63, 3.8) is 0 Å². The predicted octanol–water partition coefficient (Wildman–Crippen LogP) is 6.76. The fourth-order valence-electron chi connectivity index (χ4n) is 5.35. The number of carbonyl (C=O) groups is 2. The molecule has 1 atom stereocenters. The Morgan fingerprint density at radius 1 is 1.02 bits per heavy atom. The van der Waals surface area contributed by atoms with Gasteiger partial charge in [-0.05, 0) is 54.0 Å². The summed E-state index contributed by atoms with van der Waals surface area (Å²) in [4.78, 5) is 30.3. The molecule has 43 heavy (non-hydrogen) atoms. The summed E-state index contributed by atoms with van der Waals surface area (Å²) in [6, 6.07) is 15.7. The molecule has 0 aliphatic heterocycles. The minimum absolute atomic E-state index is 0.0257. The molecule has 0 saturated heterocycles. The molecule has 0 spiro atoms. The van der Waals surface area contributed by atoms with Gasteiger partial charge in [0.05, 0.1) is 6.54 Å². The van der Waals surface area contributed by atoms with Crippen molar-refractivity contribution in [3.05, 3.63) is 70.8 Å². The van der Waals surface area contributed by atoms with Crippen molar-refractivity contribution in [3.8, 4) is 22.5 Å². The van der Waals surface area contributed by atoms with Gasteiger partial charge in [-0.3, -0.25) is 0 Å². The maximum atomic E-state index is 13.5. The molecule has 0 bridgehead atoms. The molecule has 1 unspecified atom stereocenters. The number of nitrogens with one attached hydrogen (secondary N) is 1. The van der Waals surface area contributed by atoms with Gasteiger partial charge in [-0.2, -0.15) is 5.21 Å². The maximum absolute atomic E-state index is 13.5. The molecule has 2 aromatic heterocycles. The summed E-state index contributed by atoms with van der Waals surface area (Å²) in [5.74, 6) is 0.383. The fraction of sp³-hybridized carbons (Fsp3) is 0.419. The van der Waals surface area contributed by atoms with Gasteiger partial charge in [0.25, 0.3) is 0 Å². The van der Waals surface area contributed by atoms with Crippen LogP contribution in [0.15, 0.2) is 48.5 Å². The highest BCUT2D eigenvalue weighted by Gasteiger charge is 2.28. The number of imidazole rings is 1. The minimum atomic E-state index is -1.18. The lowest BCUT2D eigenvalue weighted by molar-refractivity contribution is -0.0918. The Morgan fingerprint density at radius 2 is 1.74 bits per heavy atom. The number of hydrogen-bond donors (Lipinski definition) is 1. The number of esters is 1. The molecule has 12 heteroatoms. The van der Waals surface area contributed by atoms with Gasteiger partial charge < -0.3 is 18.8 Å². The van der Waals surface area contributed by atoms with E-state index in [2.05, 4.69) is 32.5 Å². The van der Waals surface area contributed by atoms with Crippen molar-refractivity contribution in [2.75, 3.05) is 0 Å². The average Bonchev–Trinajstić information content (AvgIpc) is 3.65. The van der Waals surface area contributed by atoms with Gasteiger partial charge in [-0.25, -0.2) is 14.6 Å². The summed E-state index contributed by atoms with van der Waals surface area (Å²) in [6.07, 6.45) is 4.96. The number of aryl methyl sites for hydroxylation is 1. The van der Waals surface area contributed by atoms with Gasteiger partial charge in [0.15, 0.2) is 10.8 Å². The molecule has 1 fully saturated rings. The van der Waals surface area contributed by atoms with Crippen molar-refractivity contribution in [2.24, 2.45) is 0 Å². The molecule has 2 heterocycles. The summed E-state index contributed by atoms with van der Waals surface area (Å²) in [6.45, 7) is 3.84. The number of unbranched alkanes of at least 4 members (excludes halogenated alkanes) is 1. The minimum Gasteiger partial charge on any atom is -0.431 e. The SMILES string of the molecule is CCCCc1nc(Cl)c(C(=O)OC(C)OC(=O)OC2CCCCC2)n1Cc1ccccc1-c1ccccc1-c1nn[nH]n1. The van der Waals surface area contributed by atoms with Crippen molar-refractivity contribution >= 4 is 23.7 Å². The summed E-state index contributed by atoms with van der Waals surface area (Å²) in [5.41, 5.74) is 3.65. The van der Waals surface area contributed by atoms with E-state index in [1.165, 1.54) is 6.92 Å². The third-order valence-electron chi connectivity index (χ3n) is 7.45. The Bertz CT molecular complexity index is 1530. The first-order chi connectivity index (χ1) is 20.9. The Morgan fingerprint density at radius 3 is 2.47 bits per heavy atom. The normalized spacial score (nSPS) is 14.3. The zero-order valence-electron chi connectivity index (χ0n) is 24.3. The van der Waals surface area contributed by atoms with E-state index in [1.807, 2.05) is 48.5 Å². The van der Waals surface area contributed by atoms with E-state index in [0.717, 1.165) is 67.2 Å². The van der Waals surface area contributed by atoms with E-state index in [-0.39, 0.29) is 17.0 Å². The smallest absolute Gasteiger partial charge is 0.431 e. The van der Waals surface area contributed by atoms with Crippen LogP contribution in [0.4, 0.5) is 4.79 Å². The van der Waals surface area contributed by atoms with Gasteiger partial charge in [-0.15, -0.1) is 10.2 Å².